The molecule has 3 rings (SSSR count). The Kier molecular flexibility index (Phi) is 4.76. The molecule has 1 fully saturated rings. The lowest BCUT2D eigenvalue weighted by molar-refractivity contribution is 0.0690. The molecule has 0 saturated carbocycles. The van der Waals surface area contributed by atoms with Crippen molar-refractivity contribution < 1.29 is 9.90 Å². The van der Waals surface area contributed by atoms with Gasteiger partial charge in [-0.15, -0.1) is 0 Å². The summed E-state index contributed by atoms with van der Waals surface area (Å²) in [6.07, 6.45) is 4.83. The zero-order valence-corrected chi connectivity index (χ0v) is 14.0. The molecule has 2 aromatic rings. The van der Waals surface area contributed by atoms with E-state index in [2.05, 4.69) is 48.2 Å². The Morgan fingerprint density at radius 1 is 1.26 bits per heavy atom. The number of carboxylic acid groups (broad SMARTS) is 1. The number of nitrogens with one attached hydrogen (secondary N) is 1. The minimum absolute atomic E-state index is 0.0278. The first-order valence-corrected chi connectivity index (χ1v) is 8.23. The third-order valence-corrected chi connectivity index (χ3v) is 4.36. The largest absolute Gasteiger partial charge is 0.476 e. The number of anilines is 2. The highest BCUT2D eigenvalue weighted by Gasteiger charge is 2.20. The van der Waals surface area contributed by atoms with E-state index in [0.29, 0.717) is 6.04 Å². The van der Waals surface area contributed by atoms with E-state index in [1.54, 1.807) is 0 Å². The van der Waals surface area contributed by atoms with Crippen LogP contribution in [0.1, 0.15) is 23.3 Å². The molecule has 6 nitrogen and oxygen atoms in total. The number of rotatable bonds is 4. The predicted octanol–water partition coefficient (Wildman–Crippen LogP) is 3.02. The highest BCUT2D eigenvalue weighted by atomic mass is 79.9. The Hall–Kier alpha value is -2.15. The number of nitrogens with zero attached hydrogens (tertiary/aromatic N) is 3. The van der Waals surface area contributed by atoms with Crippen LogP contribution in [-0.4, -0.2) is 40.2 Å². The minimum atomic E-state index is -1.05. The summed E-state index contributed by atoms with van der Waals surface area (Å²) in [4.78, 5) is 21.1. The Morgan fingerprint density at radius 2 is 2.04 bits per heavy atom. The van der Waals surface area contributed by atoms with Crippen LogP contribution in [0.15, 0.2) is 41.1 Å². The van der Waals surface area contributed by atoms with Crippen molar-refractivity contribution in [2.24, 2.45) is 0 Å². The van der Waals surface area contributed by atoms with Gasteiger partial charge in [0.05, 0.1) is 12.4 Å². The first-order chi connectivity index (χ1) is 11.1. The molecular formula is C16H17BrN4O2. The van der Waals surface area contributed by atoms with E-state index in [0.717, 1.165) is 41.9 Å². The van der Waals surface area contributed by atoms with Gasteiger partial charge in [-0.1, -0.05) is 22.0 Å². The van der Waals surface area contributed by atoms with Crippen LogP contribution in [0.3, 0.4) is 0 Å². The molecule has 0 amide bonds. The molecule has 120 valence electrons. The summed E-state index contributed by atoms with van der Waals surface area (Å²) in [6.45, 7) is 1.74. The number of hydrogen-bond acceptors (Lipinski definition) is 5. The maximum absolute atomic E-state index is 10.8. The van der Waals surface area contributed by atoms with Gasteiger partial charge in [0.25, 0.3) is 0 Å². The molecular weight excluding hydrogens is 360 g/mol. The molecule has 1 aliphatic heterocycles. The number of aromatic nitrogens is 2. The quantitative estimate of drug-likeness (QED) is 0.853. The van der Waals surface area contributed by atoms with Crippen molar-refractivity contribution in [1.82, 2.24) is 9.97 Å². The average molecular weight is 377 g/mol. The number of benzene rings is 1. The zero-order valence-electron chi connectivity index (χ0n) is 12.4. The van der Waals surface area contributed by atoms with Crippen molar-refractivity contribution in [3.05, 3.63) is 46.8 Å². The van der Waals surface area contributed by atoms with E-state index in [4.69, 9.17) is 5.11 Å². The van der Waals surface area contributed by atoms with E-state index < -0.39 is 5.97 Å². The first kappa shape index (κ1) is 15.7. The van der Waals surface area contributed by atoms with Crippen molar-refractivity contribution in [2.45, 2.75) is 18.9 Å². The van der Waals surface area contributed by atoms with Crippen LogP contribution in [0.5, 0.6) is 0 Å². The number of piperidine rings is 1. The van der Waals surface area contributed by atoms with Gasteiger partial charge in [0, 0.05) is 29.3 Å². The Bertz CT molecular complexity index is 685. The van der Waals surface area contributed by atoms with Crippen LogP contribution in [0.2, 0.25) is 0 Å². The Morgan fingerprint density at radius 3 is 2.65 bits per heavy atom. The van der Waals surface area contributed by atoms with Gasteiger partial charge in [-0.2, -0.15) is 0 Å². The molecule has 1 saturated heterocycles. The molecule has 0 atom stereocenters. The van der Waals surface area contributed by atoms with Crippen LogP contribution < -0.4 is 10.2 Å². The van der Waals surface area contributed by atoms with Crippen molar-refractivity contribution in [2.75, 3.05) is 23.3 Å². The third kappa shape index (κ3) is 3.98. The fourth-order valence-corrected chi connectivity index (χ4v) is 3.06. The normalized spacial score (nSPS) is 15.4. The summed E-state index contributed by atoms with van der Waals surface area (Å²) in [6, 6.07) is 8.58. The summed E-state index contributed by atoms with van der Waals surface area (Å²) in [7, 11) is 0. The molecule has 7 heteroatoms. The van der Waals surface area contributed by atoms with Gasteiger partial charge in [-0.3, -0.25) is 0 Å². The van der Waals surface area contributed by atoms with E-state index in [9.17, 15) is 4.79 Å². The zero-order chi connectivity index (χ0) is 16.2. The van der Waals surface area contributed by atoms with Crippen LogP contribution in [0.25, 0.3) is 0 Å². The predicted molar refractivity (Wildman–Crippen MR) is 92.0 cm³/mol. The third-order valence-electron chi connectivity index (χ3n) is 3.87. The van der Waals surface area contributed by atoms with Gasteiger partial charge in [-0.25, -0.2) is 14.8 Å². The summed E-state index contributed by atoms with van der Waals surface area (Å²) in [5.41, 5.74) is 1.09. The molecule has 1 aliphatic rings. The van der Waals surface area contributed by atoms with Crippen LogP contribution in [0, 0.1) is 0 Å². The number of carbonyl (C=O) groups is 1. The number of halogens is 1. The van der Waals surface area contributed by atoms with Crippen molar-refractivity contribution in [3.63, 3.8) is 0 Å². The van der Waals surface area contributed by atoms with Crippen molar-refractivity contribution in [1.29, 1.82) is 0 Å². The number of carboxylic acids is 1. The van der Waals surface area contributed by atoms with Crippen molar-refractivity contribution >= 4 is 33.4 Å². The molecule has 2 heterocycles. The number of hydrogen-bond donors (Lipinski definition) is 2. The molecule has 2 N–H and O–H groups in total. The highest BCUT2D eigenvalue weighted by Crippen LogP contribution is 2.22. The van der Waals surface area contributed by atoms with Gasteiger partial charge in [-0.05, 0) is 31.0 Å². The topological polar surface area (TPSA) is 78.3 Å². The minimum Gasteiger partial charge on any atom is -0.476 e. The molecule has 0 bridgehead atoms. The Labute approximate surface area is 142 Å². The lowest BCUT2D eigenvalue weighted by Crippen LogP contribution is -2.39. The van der Waals surface area contributed by atoms with E-state index in [-0.39, 0.29) is 5.69 Å². The second-order valence-electron chi connectivity index (χ2n) is 5.48. The monoisotopic (exact) mass is 376 g/mol. The summed E-state index contributed by atoms with van der Waals surface area (Å²) >= 11 is 3.48. The fraction of sp³-hybridized carbons (Fsp3) is 0.312. The standard InChI is InChI=1S/C16H17BrN4O2/c17-11-2-1-3-13(8-11)20-12-4-6-21(7-5-12)15-10-18-14(9-19-15)16(22)23/h1-3,8-10,12,20H,4-7H2,(H,22,23). The van der Waals surface area contributed by atoms with E-state index >= 15 is 0 Å². The molecule has 1 aromatic heterocycles. The fourth-order valence-electron chi connectivity index (χ4n) is 2.66. The van der Waals surface area contributed by atoms with E-state index in [1.165, 1.54) is 12.4 Å². The summed E-state index contributed by atoms with van der Waals surface area (Å²) in [5, 5.41) is 12.4. The first-order valence-electron chi connectivity index (χ1n) is 7.44. The summed E-state index contributed by atoms with van der Waals surface area (Å²) < 4.78 is 1.06. The second-order valence-corrected chi connectivity index (χ2v) is 6.40. The highest BCUT2D eigenvalue weighted by molar-refractivity contribution is 9.10. The SMILES string of the molecule is O=C(O)c1cnc(N2CCC(Nc3cccc(Br)c3)CC2)cn1. The van der Waals surface area contributed by atoms with Crippen molar-refractivity contribution in [3.8, 4) is 0 Å². The summed E-state index contributed by atoms with van der Waals surface area (Å²) in [5.74, 6) is -0.322. The van der Waals surface area contributed by atoms with Crippen LogP contribution in [-0.2, 0) is 0 Å². The van der Waals surface area contributed by atoms with Gasteiger partial charge in [0.1, 0.15) is 5.82 Å². The maximum Gasteiger partial charge on any atom is 0.356 e. The van der Waals surface area contributed by atoms with Crippen LogP contribution in [0.4, 0.5) is 11.5 Å². The van der Waals surface area contributed by atoms with Gasteiger partial charge >= 0.3 is 5.97 Å². The maximum atomic E-state index is 10.8. The molecule has 0 aliphatic carbocycles. The Balaban J connectivity index is 1.56. The lowest BCUT2D eigenvalue weighted by Gasteiger charge is -2.33. The number of aromatic carboxylic acids is 1. The van der Waals surface area contributed by atoms with E-state index in [1.807, 2.05) is 12.1 Å². The van der Waals surface area contributed by atoms with Gasteiger partial charge in [0.2, 0.25) is 0 Å². The smallest absolute Gasteiger partial charge is 0.356 e. The molecule has 0 radical (unpaired) electrons. The van der Waals surface area contributed by atoms with Gasteiger partial charge in [0.15, 0.2) is 5.69 Å². The molecule has 1 aromatic carbocycles. The second kappa shape index (κ2) is 6.95. The lowest BCUT2D eigenvalue weighted by atomic mass is 10.0. The molecule has 0 unspecified atom stereocenters. The van der Waals surface area contributed by atoms with Gasteiger partial charge < -0.3 is 15.3 Å². The van der Waals surface area contributed by atoms with Crippen LogP contribution >= 0.6 is 15.9 Å². The molecule has 23 heavy (non-hydrogen) atoms. The average Bonchev–Trinajstić information content (AvgIpc) is 2.56. The molecule has 0 spiro atoms.